The number of aryl methyl sites for hydroxylation is 1. The van der Waals surface area contributed by atoms with Crippen LogP contribution in [0.1, 0.15) is 44.9 Å². The lowest BCUT2D eigenvalue weighted by Crippen LogP contribution is -2.45. The zero-order valence-electron chi connectivity index (χ0n) is 12.0. The van der Waals surface area contributed by atoms with Gasteiger partial charge in [0.05, 0.1) is 0 Å². The molecule has 20 heavy (non-hydrogen) atoms. The number of aromatic nitrogens is 2. The normalized spacial score (nSPS) is 21.0. The number of halogens is 2. The Morgan fingerprint density at radius 1 is 1.50 bits per heavy atom. The highest BCUT2D eigenvalue weighted by molar-refractivity contribution is 4.97. The second-order valence-electron chi connectivity index (χ2n) is 5.71. The number of hydrogen-bond donors (Lipinski definition) is 2. The van der Waals surface area contributed by atoms with Crippen LogP contribution in [0.3, 0.4) is 0 Å². The maximum atomic E-state index is 13.2. The zero-order chi connectivity index (χ0) is 14.6. The third kappa shape index (κ3) is 3.76. The zero-order valence-corrected chi connectivity index (χ0v) is 12.0. The average molecular weight is 286 g/mol. The minimum absolute atomic E-state index is 0.0177. The highest BCUT2D eigenvalue weighted by Gasteiger charge is 2.37. The monoisotopic (exact) mass is 286 g/mol. The SMILES string of the molecule is CCCn1ccnc1CC(NN)C1CCC(F)(F)CC1. The second kappa shape index (κ2) is 6.63. The van der Waals surface area contributed by atoms with Crippen LogP contribution in [0.15, 0.2) is 12.4 Å². The van der Waals surface area contributed by atoms with Crippen LogP contribution in [0.5, 0.6) is 0 Å². The summed E-state index contributed by atoms with van der Waals surface area (Å²) in [5.41, 5.74) is 2.81. The van der Waals surface area contributed by atoms with Gasteiger partial charge < -0.3 is 4.57 Å². The molecule has 1 saturated carbocycles. The summed E-state index contributed by atoms with van der Waals surface area (Å²) in [4.78, 5) is 4.37. The van der Waals surface area contributed by atoms with E-state index in [1.165, 1.54) is 0 Å². The summed E-state index contributed by atoms with van der Waals surface area (Å²) in [6.45, 7) is 3.04. The molecule has 0 aliphatic heterocycles. The third-order valence-electron chi connectivity index (χ3n) is 4.21. The van der Waals surface area contributed by atoms with Crippen molar-refractivity contribution < 1.29 is 8.78 Å². The van der Waals surface area contributed by atoms with Gasteiger partial charge in [0.1, 0.15) is 5.82 Å². The number of rotatable bonds is 6. The molecule has 6 heteroatoms. The second-order valence-corrected chi connectivity index (χ2v) is 5.71. The number of imidazole rings is 1. The molecule has 1 unspecified atom stereocenters. The smallest absolute Gasteiger partial charge is 0.248 e. The summed E-state index contributed by atoms with van der Waals surface area (Å²) in [7, 11) is 0. The van der Waals surface area contributed by atoms with Gasteiger partial charge in [-0.3, -0.25) is 11.3 Å². The largest absolute Gasteiger partial charge is 0.335 e. The molecule has 0 aromatic carbocycles. The van der Waals surface area contributed by atoms with Gasteiger partial charge in [-0.2, -0.15) is 0 Å². The first kappa shape index (κ1) is 15.4. The Bertz CT molecular complexity index is 409. The quantitative estimate of drug-likeness (QED) is 0.624. The molecule has 0 spiro atoms. The van der Waals surface area contributed by atoms with Gasteiger partial charge in [-0.1, -0.05) is 6.92 Å². The molecule has 0 amide bonds. The standard InChI is InChI=1S/C14H24F2N4/c1-2-8-20-9-7-18-13(20)10-12(19-17)11-3-5-14(15,16)6-4-11/h7,9,11-12,19H,2-6,8,10,17H2,1H3. The molecule has 1 aliphatic carbocycles. The highest BCUT2D eigenvalue weighted by atomic mass is 19.3. The third-order valence-corrected chi connectivity index (χ3v) is 4.21. The summed E-state index contributed by atoms with van der Waals surface area (Å²) in [6, 6.07) is 0.0177. The van der Waals surface area contributed by atoms with Gasteiger partial charge in [-0.15, -0.1) is 0 Å². The van der Waals surface area contributed by atoms with Gasteiger partial charge in [-0.05, 0) is 25.2 Å². The van der Waals surface area contributed by atoms with Crippen LogP contribution in [0.2, 0.25) is 0 Å². The number of alkyl halides is 2. The first-order valence-corrected chi connectivity index (χ1v) is 7.39. The summed E-state index contributed by atoms with van der Waals surface area (Å²) < 4.78 is 28.6. The molecule has 2 rings (SSSR count). The number of hydrazine groups is 1. The fourth-order valence-electron chi connectivity index (χ4n) is 3.00. The van der Waals surface area contributed by atoms with Crippen LogP contribution in [-0.2, 0) is 13.0 Å². The van der Waals surface area contributed by atoms with Gasteiger partial charge >= 0.3 is 0 Å². The predicted octanol–water partition coefficient (Wildman–Crippen LogP) is 2.49. The van der Waals surface area contributed by atoms with E-state index in [9.17, 15) is 8.78 Å². The molecule has 1 atom stereocenters. The molecule has 0 radical (unpaired) electrons. The molecular formula is C14H24F2N4. The first-order valence-electron chi connectivity index (χ1n) is 7.39. The van der Waals surface area contributed by atoms with Crippen molar-refractivity contribution in [1.29, 1.82) is 0 Å². The fourth-order valence-corrected chi connectivity index (χ4v) is 3.00. The minimum Gasteiger partial charge on any atom is -0.335 e. The van der Waals surface area contributed by atoms with Gasteiger partial charge in [-0.25, -0.2) is 13.8 Å². The minimum atomic E-state index is -2.49. The van der Waals surface area contributed by atoms with Crippen LogP contribution in [0, 0.1) is 5.92 Å². The summed E-state index contributed by atoms with van der Waals surface area (Å²) in [6.07, 6.45) is 6.47. The molecule has 3 N–H and O–H groups in total. The molecule has 0 bridgehead atoms. The summed E-state index contributed by atoms with van der Waals surface area (Å²) in [5, 5.41) is 0. The summed E-state index contributed by atoms with van der Waals surface area (Å²) >= 11 is 0. The maximum absolute atomic E-state index is 13.2. The Balaban J connectivity index is 1.97. The molecule has 1 aromatic heterocycles. The van der Waals surface area contributed by atoms with Crippen molar-refractivity contribution >= 4 is 0 Å². The molecule has 1 aromatic rings. The Kier molecular flexibility index (Phi) is 5.10. The number of nitrogens with two attached hydrogens (primary N) is 1. The Morgan fingerprint density at radius 2 is 2.20 bits per heavy atom. The van der Waals surface area contributed by atoms with Crippen LogP contribution in [0.4, 0.5) is 8.78 Å². The van der Waals surface area contributed by atoms with Crippen molar-refractivity contribution in [3.05, 3.63) is 18.2 Å². The molecule has 1 aliphatic rings. The summed E-state index contributed by atoms with van der Waals surface area (Å²) in [5.74, 6) is 4.33. The Hall–Kier alpha value is -1.01. The van der Waals surface area contributed by atoms with E-state index < -0.39 is 5.92 Å². The highest BCUT2D eigenvalue weighted by Crippen LogP contribution is 2.37. The Morgan fingerprint density at radius 3 is 2.80 bits per heavy atom. The molecule has 0 saturated heterocycles. The van der Waals surface area contributed by atoms with Gasteiger partial charge in [0.25, 0.3) is 0 Å². The molecule has 1 fully saturated rings. The van der Waals surface area contributed by atoms with E-state index in [-0.39, 0.29) is 24.8 Å². The lowest BCUT2D eigenvalue weighted by Gasteiger charge is -2.33. The van der Waals surface area contributed by atoms with Crippen molar-refractivity contribution in [2.75, 3.05) is 0 Å². The van der Waals surface area contributed by atoms with Crippen LogP contribution in [0.25, 0.3) is 0 Å². The molecule has 114 valence electrons. The van der Waals surface area contributed by atoms with E-state index in [1.807, 2.05) is 6.20 Å². The van der Waals surface area contributed by atoms with E-state index in [0.29, 0.717) is 19.3 Å². The fraction of sp³-hybridized carbons (Fsp3) is 0.786. The van der Waals surface area contributed by atoms with E-state index in [0.717, 1.165) is 18.8 Å². The molecule has 4 nitrogen and oxygen atoms in total. The van der Waals surface area contributed by atoms with Gasteiger partial charge in [0.15, 0.2) is 0 Å². The first-order chi connectivity index (χ1) is 9.55. The molecular weight excluding hydrogens is 262 g/mol. The van der Waals surface area contributed by atoms with Crippen molar-refractivity contribution in [3.63, 3.8) is 0 Å². The van der Waals surface area contributed by atoms with Gasteiger partial charge in [0.2, 0.25) is 5.92 Å². The van der Waals surface area contributed by atoms with Crippen molar-refractivity contribution in [3.8, 4) is 0 Å². The maximum Gasteiger partial charge on any atom is 0.248 e. The van der Waals surface area contributed by atoms with Crippen molar-refractivity contribution in [2.24, 2.45) is 11.8 Å². The lowest BCUT2D eigenvalue weighted by atomic mass is 9.81. The predicted molar refractivity (Wildman–Crippen MR) is 74.2 cm³/mol. The average Bonchev–Trinajstić information content (AvgIpc) is 2.84. The van der Waals surface area contributed by atoms with Crippen molar-refractivity contribution in [2.45, 2.75) is 64.0 Å². The number of nitrogens with one attached hydrogen (secondary N) is 1. The molecule has 1 heterocycles. The topological polar surface area (TPSA) is 55.9 Å². The van der Waals surface area contributed by atoms with Crippen molar-refractivity contribution in [1.82, 2.24) is 15.0 Å². The van der Waals surface area contributed by atoms with Crippen LogP contribution >= 0.6 is 0 Å². The number of hydrogen-bond acceptors (Lipinski definition) is 3. The van der Waals surface area contributed by atoms with Crippen LogP contribution < -0.4 is 11.3 Å². The Labute approximate surface area is 118 Å². The lowest BCUT2D eigenvalue weighted by molar-refractivity contribution is -0.0496. The van der Waals surface area contributed by atoms with E-state index in [4.69, 9.17) is 5.84 Å². The van der Waals surface area contributed by atoms with E-state index in [2.05, 4.69) is 21.9 Å². The number of nitrogens with zero attached hydrogens (tertiary/aromatic N) is 2. The van der Waals surface area contributed by atoms with E-state index in [1.54, 1.807) is 6.20 Å². The van der Waals surface area contributed by atoms with Gasteiger partial charge in [0, 0.05) is 44.2 Å². The van der Waals surface area contributed by atoms with E-state index >= 15 is 0 Å². The van der Waals surface area contributed by atoms with Crippen LogP contribution in [-0.4, -0.2) is 21.5 Å².